The molecule has 1 saturated heterocycles. The molecule has 0 radical (unpaired) electrons. The first-order valence-electron chi connectivity index (χ1n) is 8.35. The zero-order chi connectivity index (χ0) is 16.4. The van der Waals surface area contributed by atoms with Crippen molar-refractivity contribution in [2.75, 3.05) is 19.7 Å². The number of benzene rings is 1. The summed E-state index contributed by atoms with van der Waals surface area (Å²) in [4.78, 5) is 16.6. The maximum atomic E-state index is 12.7. The Bertz CT molecular complexity index is 880. The number of hydrogen-bond donors (Lipinski definition) is 2. The Labute approximate surface area is 144 Å². The van der Waals surface area contributed by atoms with Crippen LogP contribution in [0.5, 0.6) is 5.75 Å². The molecular formula is C19H20N2O2S. The lowest BCUT2D eigenvalue weighted by Crippen LogP contribution is -2.33. The smallest absolute Gasteiger partial charge is 0.260 e. The van der Waals surface area contributed by atoms with Crippen LogP contribution in [0.3, 0.4) is 0 Å². The van der Waals surface area contributed by atoms with Gasteiger partial charge in [0.15, 0.2) is 0 Å². The van der Waals surface area contributed by atoms with Gasteiger partial charge in [-0.15, -0.1) is 11.3 Å². The number of nitrogens with one attached hydrogen (secondary N) is 2. The number of fused-ring (bicyclic) bond motifs is 1. The zero-order valence-electron chi connectivity index (χ0n) is 13.4. The summed E-state index contributed by atoms with van der Waals surface area (Å²) in [6.07, 6.45) is 2.35. The van der Waals surface area contributed by atoms with E-state index in [1.54, 1.807) is 11.3 Å². The van der Waals surface area contributed by atoms with Gasteiger partial charge < -0.3 is 15.0 Å². The van der Waals surface area contributed by atoms with Crippen molar-refractivity contribution in [1.29, 1.82) is 0 Å². The Morgan fingerprint density at radius 1 is 1.21 bits per heavy atom. The van der Waals surface area contributed by atoms with Crippen LogP contribution in [0.2, 0.25) is 0 Å². The minimum absolute atomic E-state index is 0.0899. The van der Waals surface area contributed by atoms with Crippen molar-refractivity contribution in [2.45, 2.75) is 12.8 Å². The molecule has 3 aromatic rings. The number of pyridine rings is 1. The van der Waals surface area contributed by atoms with Crippen molar-refractivity contribution in [3.63, 3.8) is 0 Å². The molecule has 4 nitrogen and oxygen atoms in total. The van der Waals surface area contributed by atoms with E-state index in [1.165, 1.54) is 12.8 Å². The highest BCUT2D eigenvalue weighted by Crippen LogP contribution is 2.35. The Kier molecular flexibility index (Phi) is 4.36. The molecule has 0 bridgehead atoms. The van der Waals surface area contributed by atoms with Gasteiger partial charge >= 0.3 is 0 Å². The van der Waals surface area contributed by atoms with Crippen molar-refractivity contribution < 1.29 is 4.74 Å². The Morgan fingerprint density at radius 3 is 2.92 bits per heavy atom. The highest BCUT2D eigenvalue weighted by molar-refractivity contribution is 7.13. The zero-order valence-corrected chi connectivity index (χ0v) is 14.2. The summed E-state index contributed by atoms with van der Waals surface area (Å²) in [6, 6.07) is 11.8. The summed E-state index contributed by atoms with van der Waals surface area (Å²) in [7, 11) is 0. The van der Waals surface area contributed by atoms with Crippen molar-refractivity contribution >= 4 is 22.2 Å². The fourth-order valence-electron chi connectivity index (χ4n) is 3.27. The number of aromatic amines is 1. The molecule has 0 aliphatic carbocycles. The summed E-state index contributed by atoms with van der Waals surface area (Å²) in [6.45, 7) is 2.71. The third kappa shape index (κ3) is 2.97. The molecule has 1 aliphatic heterocycles. The predicted molar refractivity (Wildman–Crippen MR) is 99.0 cm³/mol. The molecule has 0 amide bonds. The van der Waals surface area contributed by atoms with E-state index in [1.807, 2.05) is 41.8 Å². The molecule has 1 fully saturated rings. The van der Waals surface area contributed by atoms with Crippen molar-refractivity contribution in [3.05, 3.63) is 52.1 Å². The van der Waals surface area contributed by atoms with Crippen LogP contribution in [0.4, 0.5) is 0 Å². The van der Waals surface area contributed by atoms with Crippen molar-refractivity contribution in [3.8, 4) is 16.2 Å². The Morgan fingerprint density at radius 2 is 2.12 bits per heavy atom. The molecular weight excluding hydrogens is 320 g/mol. The van der Waals surface area contributed by atoms with Gasteiger partial charge in [-0.1, -0.05) is 18.2 Å². The van der Waals surface area contributed by atoms with E-state index >= 15 is 0 Å². The van der Waals surface area contributed by atoms with Crippen molar-refractivity contribution in [2.24, 2.45) is 5.92 Å². The second kappa shape index (κ2) is 6.79. The summed E-state index contributed by atoms with van der Waals surface area (Å²) in [5.41, 5.74) is 1.37. The third-order valence-electron chi connectivity index (χ3n) is 4.50. The molecule has 1 aromatic carbocycles. The third-order valence-corrected chi connectivity index (χ3v) is 5.39. The maximum absolute atomic E-state index is 12.7. The first-order valence-corrected chi connectivity index (χ1v) is 9.23. The normalized spacial score (nSPS) is 17.9. The molecule has 124 valence electrons. The number of hydrogen-bond acceptors (Lipinski definition) is 4. The SMILES string of the molecule is O=c1[nH]c2ccccc2c(OC[C@@H]2CCCNC2)c1-c1cccs1. The van der Waals surface area contributed by atoms with Crippen LogP contribution in [-0.2, 0) is 0 Å². The Hall–Kier alpha value is -2.11. The van der Waals surface area contributed by atoms with Crippen LogP contribution in [-0.4, -0.2) is 24.7 Å². The van der Waals surface area contributed by atoms with E-state index in [-0.39, 0.29) is 5.56 Å². The Balaban J connectivity index is 1.78. The molecule has 0 saturated carbocycles. The van der Waals surface area contributed by atoms with Crippen LogP contribution in [0, 0.1) is 5.92 Å². The van der Waals surface area contributed by atoms with Crippen LogP contribution in [0.1, 0.15) is 12.8 Å². The molecule has 2 N–H and O–H groups in total. The summed E-state index contributed by atoms with van der Waals surface area (Å²) >= 11 is 1.56. The lowest BCUT2D eigenvalue weighted by Gasteiger charge is -2.23. The van der Waals surface area contributed by atoms with Gasteiger partial charge in [-0.25, -0.2) is 0 Å². The highest BCUT2D eigenvalue weighted by atomic mass is 32.1. The number of piperidine rings is 1. The average Bonchev–Trinajstić information content (AvgIpc) is 3.14. The average molecular weight is 340 g/mol. The molecule has 0 unspecified atom stereocenters. The minimum Gasteiger partial charge on any atom is -0.492 e. The minimum atomic E-state index is -0.0899. The van der Waals surface area contributed by atoms with E-state index in [0.29, 0.717) is 23.8 Å². The number of H-pyrrole nitrogens is 1. The van der Waals surface area contributed by atoms with Gasteiger partial charge in [0.2, 0.25) is 0 Å². The van der Waals surface area contributed by atoms with Crippen LogP contribution in [0.25, 0.3) is 21.3 Å². The number of aromatic nitrogens is 1. The highest BCUT2D eigenvalue weighted by Gasteiger charge is 2.19. The fourth-order valence-corrected chi connectivity index (χ4v) is 4.04. The van der Waals surface area contributed by atoms with E-state index in [0.717, 1.165) is 28.9 Å². The lowest BCUT2D eigenvalue weighted by atomic mass is 10.0. The number of rotatable bonds is 4. The largest absolute Gasteiger partial charge is 0.492 e. The van der Waals surface area contributed by atoms with Gasteiger partial charge in [0, 0.05) is 22.7 Å². The first-order chi connectivity index (χ1) is 11.8. The van der Waals surface area contributed by atoms with E-state index < -0.39 is 0 Å². The van der Waals surface area contributed by atoms with Gasteiger partial charge in [-0.05, 0) is 43.0 Å². The maximum Gasteiger partial charge on any atom is 0.260 e. The summed E-state index contributed by atoms with van der Waals surface area (Å²) in [5, 5.41) is 6.36. The second-order valence-electron chi connectivity index (χ2n) is 6.20. The van der Waals surface area contributed by atoms with Gasteiger partial charge in [0.25, 0.3) is 5.56 Å². The molecule has 3 heterocycles. The van der Waals surface area contributed by atoms with Crippen LogP contribution in [0.15, 0.2) is 46.6 Å². The van der Waals surface area contributed by atoms with Gasteiger partial charge in [-0.2, -0.15) is 0 Å². The first kappa shape index (κ1) is 15.4. The van der Waals surface area contributed by atoms with Crippen molar-refractivity contribution in [1.82, 2.24) is 10.3 Å². The number of thiophene rings is 1. The number of ether oxygens (including phenoxy) is 1. The summed E-state index contributed by atoms with van der Waals surface area (Å²) in [5.74, 6) is 1.20. The molecule has 2 aromatic heterocycles. The molecule has 5 heteroatoms. The molecule has 1 aliphatic rings. The second-order valence-corrected chi connectivity index (χ2v) is 7.15. The molecule has 0 spiro atoms. The van der Waals surface area contributed by atoms with Gasteiger partial charge in [-0.3, -0.25) is 4.79 Å². The van der Waals surface area contributed by atoms with Crippen LogP contribution < -0.4 is 15.6 Å². The van der Waals surface area contributed by atoms with Gasteiger partial charge in [0.1, 0.15) is 5.75 Å². The topological polar surface area (TPSA) is 54.1 Å². The molecule has 24 heavy (non-hydrogen) atoms. The van der Waals surface area contributed by atoms with Crippen LogP contribution >= 0.6 is 11.3 Å². The monoisotopic (exact) mass is 340 g/mol. The quantitative estimate of drug-likeness (QED) is 0.762. The standard InChI is InChI=1S/C19H20N2O2S/c22-19-17(16-8-4-10-24-16)18(14-6-1-2-7-15(14)21-19)23-12-13-5-3-9-20-11-13/h1-2,4,6-8,10,13,20H,3,5,9,11-12H2,(H,21,22)/t13-/m1/s1. The van der Waals surface area contributed by atoms with E-state index in [4.69, 9.17) is 4.74 Å². The van der Waals surface area contributed by atoms with Gasteiger partial charge in [0.05, 0.1) is 17.7 Å². The van der Waals surface area contributed by atoms with E-state index in [2.05, 4.69) is 10.3 Å². The lowest BCUT2D eigenvalue weighted by molar-refractivity contribution is 0.221. The number of para-hydroxylation sites is 1. The summed E-state index contributed by atoms with van der Waals surface area (Å²) < 4.78 is 6.24. The fraction of sp³-hybridized carbons (Fsp3) is 0.316. The predicted octanol–water partition coefficient (Wildman–Crippen LogP) is 3.64. The molecule has 4 rings (SSSR count). The molecule has 1 atom stereocenters. The van der Waals surface area contributed by atoms with E-state index in [9.17, 15) is 4.79 Å².